The number of aromatic amines is 2. The van der Waals surface area contributed by atoms with Crippen LogP contribution in [0.5, 0.6) is 0 Å². The van der Waals surface area contributed by atoms with Crippen LogP contribution in [-0.4, -0.2) is 34.9 Å². The molecule has 0 unspecified atom stereocenters. The normalized spacial score (nSPS) is 11.1. The second-order valence-electron chi connectivity index (χ2n) is 7.42. The second kappa shape index (κ2) is 9.31. The van der Waals surface area contributed by atoms with Crippen LogP contribution in [0.2, 0.25) is 0 Å². The number of benzene rings is 2. The van der Waals surface area contributed by atoms with Crippen LogP contribution >= 0.6 is 0 Å². The first-order chi connectivity index (χ1) is 14.7. The zero-order valence-electron chi connectivity index (χ0n) is 16.8. The molecule has 0 atom stereocenters. The molecule has 0 saturated carbocycles. The monoisotopic (exact) mass is 402 g/mol. The summed E-state index contributed by atoms with van der Waals surface area (Å²) in [5, 5.41) is 8.17. The molecule has 4 rings (SSSR count). The Kier molecular flexibility index (Phi) is 6.13. The van der Waals surface area contributed by atoms with Gasteiger partial charge < -0.3 is 20.6 Å². The van der Waals surface area contributed by atoms with Crippen molar-refractivity contribution in [3.63, 3.8) is 0 Å². The van der Waals surface area contributed by atoms with Crippen LogP contribution in [-0.2, 0) is 22.4 Å². The number of para-hydroxylation sites is 2. The van der Waals surface area contributed by atoms with Crippen molar-refractivity contribution in [1.82, 2.24) is 20.6 Å². The van der Waals surface area contributed by atoms with Crippen molar-refractivity contribution in [2.45, 2.75) is 25.7 Å². The van der Waals surface area contributed by atoms with Crippen molar-refractivity contribution < 1.29 is 9.59 Å². The van der Waals surface area contributed by atoms with Gasteiger partial charge in [-0.25, -0.2) is 0 Å². The predicted molar refractivity (Wildman–Crippen MR) is 119 cm³/mol. The molecule has 0 aliphatic rings. The number of H-pyrrole nitrogens is 2. The summed E-state index contributed by atoms with van der Waals surface area (Å²) in [5.41, 5.74) is 4.56. The van der Waals surface area contributed by atoms with Gasteiger partial charge in [0.25, 0.3) is 0 Å². The van der Waals surface area contributed by atoms with E-state index in [1.54, 1.807) is 0 Å². The van der Waals surface area contributed by atoms with Crippen molar-refractivity contribution >= 4 is 33.6 Å². The van der Waals surface area contributed by atoms with Crippen molar-refractivity contribution in [3.8, 4) is 0 Å². The minimum atomic E-state index is -0.0957. The van der Waals surface area contributed by atoms with Crippen molar-refractivity contribution in [2.24, 2.45) is 0 Å². The number of hydrogen-bond acceptors (Lipinski definition) is 2. The number of amides is 2. The summed E-state index contributed by atoms with van der Waals surface area (Å²) in [6.07, 6.45) is 5.88. The zero-order valence-corrected chi connectivity index (χ0v) is 16.8. The van der Waals surface area contributed by atoms with Gasteiger partial charge in [-0.15, -0.1) is 0 Å². The zero-order chi connectivity index (χ0) is 20.8. The fraction of sp³-hybridized carbons (Fsp3) is 0.250. The first-order valence-electron chi connectivity index (χ1n) is 10.3. The molecule has 0 bridgehead atoms. The Labute approximate surface area is 175 Å². The highest BCUT2D eigenvalue weighted by atomic mass is 16.2. The predicted octanol–water partition coefficient (Wildman–Crippen LogP) is 3.45. The molecule has 30 heavy (non-hydrogen) atoms. The lowest BCUT2D eigenvalue weighted by Gasteiger charge is -2.06. The number of rotatable bonds is 9. The van der Waals surface area contributed by atoms with Crippen LogP contribution in [0.15, 0.2) is 60.9 Å². The van der Waals surface area contributed by atoms with Gasteiger partial charge in [-0.3, -0.25) is 9.59 Å². The van der Waals surface area contributed by atoms with Gasteiger partial charge in [-0.2, -0.15) is 0 Å². The van der Waals surface area contributed by atoms with Gasteiger partial charge in [-0.1, -0.05) is 36.4 Å². The number of nitrogens with one attached hydrogen (secondary N) is 4. The summed E-state index contributed by atoms with van der Waals surface area (Å²) in [7, 11) is 0. The van der Waals surface area contributed by atoms with E-state index < -0.39 is 0 Å². The van der Waals surface area contributed by atoms with Gasteiger partial charge >= 0.3 is 0 Å². The number of carbonyl (C=O) groups excluding carboxylic acids is 2. The van der Waals surface area contributed by atoms with Gasteiger partial charge in [0.15, 0.2) is 0 Å². The molecule has 2 amide bonds. The SMILES string of the molecule is O=C(CCC(=O)NCCc1c[nH]c2ccccc12)NCCc1c[nH]c2ccccc12. The lowest BCUT2D eigenvalue weighted by molar-refractivity contribution is -0.126. The highest BCUT2D eigenvalue weighted by molar-refractivity contribution is 5.85. The molecule has 2 aromatic heterocycles. The Bertz CT molecular complexity index is 1070. The van der Waals surface area contributed by atoms with E-state index in [9.17, 15) is 9.59 Å². The quantitative estimate of drug-likeness (QED) is 0.345. The van der Waals surface area contributed by atoms with Gasteiger partial charge in [0.2, 0.25) is 11.8 Å². The number of carbonyl (C=O) groups is 2. The van der Waals surface area contributed by atoms with Gasteiger partial charge in [0.05, 0.1) is 0 Å². The molecular weight excluding hydrogens is 376 g/mol. The summed E-state index contributed by atoms with van der Waals surface area (Å²) in [6.45, 7) is 1.12. The third-order valence-corrected chi connectivity index (χ3v) is 5.36. The Morgan fingerprint density at radius 3 is 1.57 bits per heavy atom. The van der Waals surface area contributed by atoms with E-state index in [0.717, 1.165) is 23.9 Å². The number of hydrogen-bond donors (Lipinski definition) is 4. The molecule has 4 N–H and O–H groups in total. The topological polar surface area (TPSA) is 89.8 Å². The molecule has 0 aliphatic heterocycles. The van der Waals surface area contributed by atoms with Gasteiger partial charge in [0, 0.05) is 60.1 Å². The van der Waals surface area contributed by atoms with E-state index in [1.165, 1.54) is 21.9 Å². The molecule has 0 radical (unpaired) electrons. The Hall–Kier alpha value is -3.54. The van der Waals surface area contributed by atoms with E-state index in [0.29, 0.717) is 13.1 Å². The minimum Gasteiger partial charge on any atom is -0.361 e. The molecular formula is C24H26N4O2. The molecule has 0 spiro atoms. The summed E-state index contributed by atoms with van der Waals surface area (Å²) in [5.74, 6) is -0.191. The fourth-order valence-corrected chi connectivity index (χ4v) is 3.75. The molecule has 2 heterocycles. The molecule has 0 saturated heterocycles. The summed E-state index contributed by atoms with van der Waals surface area (Å²) in [4.78, 5) is 30.6. The highest BCUT2D eigenvalue weighted by Gasteiger charge is 2.08. The molecule has 154 valence electrons. The highest BCUT2D eigenvalue weighted by Crippen LogP contribution is 2.18. The number of fused-ring (bicyclic) bond motifs is 2. The van der Waals surface area contributed by atoms with Crippen LogP contribution in [0.25, 0.3) is 21.8 Å². The van der Waals surface area contributed by atoms with Crippen LogP contribution < -0.4 is 10.6 Å². The fourth-order valence-electron chi connectivity index (χ4n) is 3.75. The average molecular weight is 402 g/mol. The maximum Gasteiger partial charge on any atom is 0.220 e. The van der Waals surface area contributed by atoms with Crippen LogP contribution in [0.4, 0.5) is 0 Å². The standard InChI is InChI=1S/C24H26N4O2/c29-23(25-13-11-17-15-27-21-7-3-1-5-19(17)21)9-10-24(30)26-14-12-18-16-28-22-8-4-2-6-20(18)22/h1-8,15-16,27-28H,9-14H2,(H,25,29)(H,26,30). The maximum atomic E-state index is 12.0. The molecule has 0 fully saturated rings. The smallest absolute Gasteiger partial charge is 0.220 e. The second-order valence-corrected chi connectivity index (χ2v) is 7.42. The lowest BCUT2D eigenvalue weighted by Crippen LogP contribution is -2.29. The summed E-state index contributed by atoms with van der Waals surface area (Å²) < 4.78 is 0. The van der Waals surface area contributed by atoms with Crippen molar-refractivity contribution in [2.75, 3.05) is 13.1 Å². The number of aromatic nitrogens is 2. The Balaban J connectivity index is 1.14. The first kappa shape index (κ1) is 19.8. The molecule has 0 aliphatic carbocycles. The lowest BCUT2D eigenvalue weighted by atomic mass is 10.1. The molecule has 6 nitrogen and oxygen atoms in total. The van der Waals surface area contributed by atoms with E-state index in [2.05, 4.69) is 32.7 Å². The summed E-state index contributed by atoms with van der Waals surface area (Å²) >= 11 is 0. The van der Waals surface area contributed by atoms with E-state index in [-0.39, 0.29) is 24.7 Å². The van der Waals surface area contributed by atoms with E-state index >= 15 is 0 Å². The van der Waals surface area contributed by atoms with Crippen LogP contribution in [0, 0.1) is 0 Å². The van der Waals surface area contributed by atoms with Gasteiger partial charge in [0.1, 0.15) is 0 Å². The van der Waals surface area contributed by atoms with Crippen molar-refractivity contribution in [3.05, 3.63) is 72.1 Å². The minimum absolute atomic E-state index is 0.0957. The average Bonchev–Trinajstić information content (AvgIpc) is 3.37. The maximum absolute atomic E-state index is 12.0. The Morgan fingerprint density at radius 2 is 1.10 bits per heavy atom. The molecule has 2 aromatic carbocycles. The third kappa shape index (κ3) is 4.71. The summed E-state index contributed by atoms with van der Waals surface area (Å²) in [6, 6.07) is 16.2. The third-order valence-electron chi connectivity index (χ3n) is 5.36. The largest absolute Gasteiger partial charge is 0.361 e. The molecule has 4 aromatic rings. The van der Waals surface area contributed by atoms with E-state index in [1.807, 2.05) is 48.8 Å². The first-order valence-corrected chi connectivity index (χ1v) is 10.3. The van der Waals surface area contributed by atoms with E-state index in [4.69, 9.17) is 0 Å². The molecule has 6 heteroatoms. The van der Waals surface area contributed by atoms with Crippen LogP contribution in [0.1, 0.15) is 24.0 Å². The van der Waals surface area contributed by atoms with Crippen LogP contribution in [0.3, 0.4) is 0 Å². The van der Waals surface area contributed by atoms with Gasteiger partial charge in [-0.05, 0) is 36.1 Å². The van der Waals surface area contributed by atoms with Crippen molar-refractivity contribution in [1.29, 1.82) is 0 Å². The Morgan fingerprint density at radius 1 is 0.667 bits per heavy atom.